The highest BCUT2D eigenvalue weighted by Gasteiger charge is 2.25. The monoisotopic (exact) mass is 268 g/mol. The summed E-state index contributed by atoms with van der Waals surface area (Å²) in [5.41, 5.74) is 0. The molecule has 2 aliphatic rings. The molecule has 4 heteroatoms. The van der Waals surface area contributed by atoms with Crippen molar-refractivity contribution in [3.8, 4) is 0 Å². The number of esters is 1. The number of nitrogens with zero attached hydrogens (tertiary/aromatic N) is 2. The van der Waals surface area contributed by atoms with Crippen LogP contribution in [0, 0.1) is 11.8 Å². The van der Waals surface area contributed by atoms with Crippen molar-refractivity contribution in [2.75, 3.05) is 46.4 Å². The topological polar surface area (TPSA) is 32.8 Å². The normalized spacial score (nSPS) is 24.5. The zero-order valence-corrected chi connectivity index (χ0v) is 12.4. The van der Waals surface area contributed by atoms with Crippen LogP contribution >= 0.6 is 0 Å². The van der Waals surface area contributed by atoms with Crippen LogP contribution in [0.5, 0.6) is 0 Å². The van der Waals surface area contributed by atoms with Crippen LogP contribution in [0.15, 0.2) is 0 Å². The Morgan fingerprint density at radius 3 is 2.37 bits per heavy atom. The van der Waals surface area contributed by atoms with Gasteiger partial charge in [0.25, 0.3) is 0 Å². The molecule has 0 aliphatic carbocycles. The molecule has 0 aromatic heterocycles. The van der Waals surface area contributed by atoms with Crippen LogP contribution in [-0.4, -0.2) is 62.1 Å². The molecule has 2 rings (SSSR count). The SMILES string of the molecule is COC(=O)C(C)CN1CCC(CN2CCCC2)CC1. The summed E-state index contributed by atoms with van der Waals surface area (Å²) < 4.78 is 4.79. The number of ether oxygens (including phenoxy) is 1. The molecule has 0 aromatic rings. The minimum Gasteiger partial charge on any atom is -0.469 e. The molecule has 1 unspecified atom stereocenters. The predicted molar refractivity (Wildman–Crippen MR) is 76.0 cm³/mol. The molecule has 2 heterocycles. The molecule has 2 aliphatic heterocycles. The van der Waals surface area contributed by atoms with Crippen molar-refractivity contribution in [1.29, 1.82) is 0 Å². The molecule has 2 saturated heterocycles. The molecule has 0 N–H and O–H groups in total. The van der Waals surface area contributed by atoms with E-state index in [0.717, 1.165) is 25.6 Å². The first-order valence-corrected chi connectivity index (χ1v) is 7.71. The minimum absolute atomic E-state index is 0.000122. The van der Waals surface area contributed by atoms with Crippen LogP contribution in [-0.2, 0) is 9.53 Å². The van der Waals surface area contributed by atoms with Crippen molar-refractivity contribution in [2.45, 2.75) is 32.6 Å². The quantitative estimate of drug-likeness (QED) is 0.709. The third-order valence-corrected chi connectivity index (χ3v) is 4.56. The standard InChI is InChI=1S/C15H28N2O2/c1-13(15(18)19-2)11-17-9-5-14(6-10-17)12-16-7-3-4-8-16/h13-14H,3-12H2,1-2H3. The van der Waals surface area contributed by atoms with Gasteiger partial charge in [-0.1, -0.05) is 6.92 Å². The van der Waals surface area contributed by atoms with Gasteiger partial charge < -0.3 is 14.5 Å². The summed E-state index contributed by atoms with van der Waals surface area (Å²) in [6, 6.07) is 0. The van der Waals surface area contributed by atoms with E-state index in [9.17, 15) is 4.79 Å². The van der Waals surface area contributed by atoms with Crippen LogP contribution in [0.25, 0.3) is 0 Å². The molecule has 0 spiro atoms. The molecule has 0 saturated carbocycles. The number of hydrogen-bond acceptors (Lipinski definition) is 4. The smallest absolute Gasteiger partial charge is 0.309 e. The second kappa shape index (κ2) is 7.25. The van der Waals surface area contributed by atoms with Crippen molar-refractivity contribution in [2.24, 2.45) is 11.8 Å². The minimum atomic E-state index is -0.0841. The summed E-state index contributed by atoms with van der Waals surface area (Å²) in [7, 11) is 1.47. The fraction of sp³-hybridized carbons (Fsp3) is 0.933. The number of piperidine rings is 1. The van der Waals surface area contributed by atoms with Crippen molar-refractivity contribution >= 4 is 5.97 Å². The van der Waals surface area contributed by atoms with E-state index in [2.05, 4.69) is 9.80 Å². The highest BCUT2D eigenvalue weighted by Crippen LogP contribution is 2.21. The van der Waals surface area contributed by atoms with Gasteiger partial charge in [0.1, 0.15) is 0 Å². The molecule has 0 bridgehead atoms. The summed E-state index contributed by atoms with van der Waals surface area (Å²) in [6.07, 6.45) is 5.33. The predicted octanol–water partition coefficient (Wildman–Crippen LogP) is 1.60. The lowest BCUT2D eigenvalue weighted by molar-refractivity contribution is -0.145. The van der Waals surface area contributed by atoms with Crippen molar-refractivity contribution < 1.29 is 9.53 Å². The Hall–Kier alpha value is -0.610. The Morgan fingerprint density at radius 2 is 1.79 bits per heavy atom. The first-order chi connectivity index (χ1) is 9.19. The van der Waals surface area contributed by atoms with Gasteiger partial charge in [0.15, 0.2) is 0 Å². The summed E-state index contributed by atoms with van der Waals surface area (Å²) in [5, 5.41) is 0. The number of carbonyl (C=O) groups excluding carboxylic acids is 1. The molecule has 4 nitrogen and oxygen atoms in total. The van der Waals surface area contributed by atoms with Gasteiger partial charge in [0, 0.05) is 13.1 Å². The van der Waals surface area contributed by atoms with E-state index in [1.165, 1.54) is 52.4 Å². The number of hydrogen-bond donors (Lipinski definition) is 0. The van der Waals surface area contributed by atoms with Crippen LogP contribution in [0.1, 0.15) is 32.6 Å². The summed E-state index contributed by atoms with van der Waals surface area (Å²) in [6.45, 7) is 8.99. The molecule has 110 valence electrons. The van der Waals surface area contributed by atoms with Gasteiger partial charge in [0.05, 0.1) is 13.0 Å². The Kier molecular flexibility index (Phi) is 5.64. The first-order valence-electron chi connectivity index (χ1n) is 7.71. The van der Waals surface area contributed by atoms with Crippen molar-refractivity contribution in [3.05, 3.63) is 0 Å². The third kappa shape index (κ3) is 4.46. The Balaban J connectivity index is 1.65. The van der Waals surface area contributed by atoms with Crippen LogP contribution in [0.3, 0.4) is 0 Å². The molecular formula is C15H28N2O2. The second-order valence-electron chi connectivity index (χ2n) is 6.18. The van der Waals surface area contributed by atoms with Gasteiger partial charge in [-0.3, -0.25) is 4.79 Å². The fourth-order valence-electron chi connectivity index (χ4n) is 3.34. The second-order valence-corrected chi connectivity index (χ2v) is 6.18. The zero-order chi connectivity index (χ0) is 13.7. The molecular weight excluding hydrogens is 240 g/mol. The van der Waals surface area contributed by atoms with E-state index in [0.29, 0.717) is 0 Å². The van der Waals surface area contributed by atoms with E-state index in [-0.39, 0.29) is 11.9 Å². The maximum Gasteiger partial charge on any atom is 0.309 e. The van der Waals surface area contributed by atoms with Crippen LogP contribution in [0.2, 0.25) is 0 Å². The van der Waals surface area contributed by atoms with Crippen LogP contribution < -0.4 is 0 Å². The van der Waals surface area contributed by atoms with E-state index < -0.39 is 0 Å². The van der Waals surface area contributed by atoms with E-state index in [1.54, 1.807) is 0 Å². The number of methoxy groups -OCH3 is 1. The highest BCUT2D eigenvalue weighted by atomic mass is 16.5. The van der Waals surface area contributed by atoms with Crippen molar-refractivity contribution in [3.63, 3.8) is 0 Å². The average Bonchev–Trinajstić information content (AvgIpc) is 2.93. The Morgan fingerprint density at radius 1 is 1.16 bits per heavy atom. The first kappa shape index (κ1) is 14.8. The van der Waals surface area contributed by atoms with Crippen LogP contribution in [0.4, 0.5) is 0 Å². The number of carbonyl (C=O) groups is 1. The number of rotatable bonds is 5. The summed E-state index contributed by atoms with van der Waals surface area (Å²) in [5.74, 6) is 0.780. The van der Waals surface area contributed by atoms with Crippen molar-refractivity contribution in [1.82, 2.24) is 9.80 Å². The van der Waals surface area contributed by atoms with Gasteiger partial charge in [-0.2, -0.15) is 0 Å². The lowest BCUT2D eigenvalue weighted by Gasteiger charge is -2.34. The van der Waals surface area contributed by atoms with E-state index >= 15 is 0 Å². The summed E-state index contributed by atoms with van der Waals surface area (Å²) in [4.78, 5) is 16.5. The average molecular weight is 268 g/mol. The number of likely N-dealkylation sites (tertiary alicyclic amines) is 2. The maximum absolute atomic E-state index is 11.4. The lowest BCUT2D eigenvalue weighted by Crippen LogP contribution is -2.41. The lowest BCUT2D eigenvalue weighted by atomic mass is 9.95. The molecule has 0 radical (unpaired) electrons. The zero-order valence-electron chi connectivity index (χ0n) is 12.4. The molecule has 0 amide bonds. The Labute approximate surface area is 117 Å². The highest BCUT2D eigenvalue weighted by molar-refractivity contribution is 5.72. The van der Waals surface area contributed by atoms with E-state index in [1.807, 2.05) is 6.92 Å². The summed E-state index contributed by atoms with van der Waals surface area (Å²) >= 11 is 0. The Bertz CT molecular complexity index is 282. The van der Waals surface area contributed by atoms with Gasteiger partial charge in [-0.05, 0) is 57.8 Å². The molecule has 1 atom stereocenters. The van der Waals surface area contributed by atoms with Gasteiger partial charge in [-0.25, -0.2) is 0 Å². The maximum atomic E-state index is 11.4. The largest absolute Gasteiger partial charge is 0.469 e. The fourth-order valence-corrected chi connectivity index (χ4v) is 3.34. The molecule has 2 fully saturated rings. The third-order valence-electron chi connectivity index (χ3n) is 4.56. The van der Waals surface area contributed by atoms with Gasteiger partial charge in [-0.15, -0.1) is 0 Å². The van der Waals surface area contributed by atoms with E-state index in [4.69, 9.17) is 4.74 Å². The molecule has 0 aromatic carbocycles. The van der Waals surface area contributed by atoms with Gasteiger partial charge in [0.2, 0.25) is 0 Å². The molecule has 19 heavy (non-hydrogen) atoms. The van der Waals surface area contributed by atoms with Gasteiger partial charge >= 0.3 is 5.97 Å².